The third-order valence-electron chi connectivity index (χ3n) is 4.33. The molecular formula is C19H34N2. The Morgan fingerprint density at radius 2 is 1.24 bits per heavy atom. The zero-order chi connectivity index (χ0) is 15.5. The summed E-state index contributed by atoms with van der Waals surface area (Å²) in [6.07, 6.45) is 14.8. The van der Waals surface area contributed by atoms with Gasteiger partial charge in [-0.1, -0.05) is 70.8 Å². The Bertz CT molecular complexity index is 399. The number of nitrogen functional groups attached to an aromatic ring is 2. The molecule has 0 amide bonds. The molecule has 0 aromatic heterocycles. The maximum absolute atomic E-state index is 6.03. The fourth-order valence-electron chi connectivity index (χ4n) is 2.82. The molecule has 0 spiro atoms. The number of rotatable bonds is 11. The normalized spacial score (nSPS) is 11.0. The summed E-state index contributed by atoms with van der Waals surface area (Å²) in [6.45, 7) is 4.33. The van der Waals surface area contributed by atoms with Gasteiger partial charge in [0.05, 0.1) is 0 Å². The molecule has 2 heteroatoms. The van der Waals surface area contributed by atoms with E-state index in [2.05, 4.69) is 19.9 Å². The molecule has 0 unspecified atom stereocenters. The molecule has 0 saturated heterocycles. The van der Waals surface area contributed by atoms with Gasteiger partial charge in [0.25, 0.3) is 0 Å². The van der Waals surface area contributed by atoms with Gasteiger partial charge >= 0.3 is 0 Å². The molecule has 0 aliphatic heterocycles. The highest BCUT2D eigenvalue weighted by Crippen LogP contribution is 2.22. The third-order valence-corrected chi connectivity index (χ3v) is 4.33. The van der Waals surface area contributed by atoms with Gasteiger partial charge < -0.3 is 11.5 Å². The Morgan fingerprint density at radius 3 is 1.81 bits per heavy atom. The molecule has 0 radical (unpaired) electrons. The predicted molar refractivity (Wildman–Crippen MR) is 95.6 cm³/mol. The van der Waals surface area contributed by atoms with Crippen LogP contribution in [0.3, 0.4) is 0 Å². The quantitative estimate of drug-likeness (QED) is 0.410. The zero-order valence-corrected chi connectivity index (χ0v) is 14.1. The van der Waals surface area contributed by atoms with Crippen LogP contribution in [0.1, 0.15) is 82.3 Å². The van der Waals surface area contributed by atoms with Crippen LogP contribution >= 0.6 is 0 Å². The van der Waals surface area contributed by atoms with Gasteiger partial charge in [-0.25, -0.2) is 0 Å². The molecule has 0 atom stereocenters. The Balaban J connectivity index is 2.05. The van der Waals surface area contributed by atoms with E-state index in [4.69, 9.17) is 11.5 Å². The van der Waals surface area contributed by atoms with Gasteiger partial charge in [-0.05, 0) is 37.0 Å². The Morgan fingerprint density at radius 1 is 0.714 bits per heavy atom. The van der Waals surface area contributed by atoms with Crippen molar-refractivity contribution in [3.05, 3.63) is 23.3 Å². The van der Waals surface area contributed by atoms with E-state index in [0.29, 0.717) is 0 Å². The Labute approximate surface area is 131 Å². The number of aryl methyl sites for hydroxylation is 2. The van der Waals surface area contributed by atoms with Crippen LogP contribution in [0, 0.1) is 6.92 Å². The van der Waals surface area contributed by atoms with Crippen molar-refractivity contribution in [1.29, 1.82) is 0 Å². The van der Waals surface area contributed by atoms with E-state index < -0.39 is 0 Å². The lowest BCUT2D eigenvalue weighted by Crippen LogP contribution is -1.99. The summed E-state index contributed by atoms with van der Waals surface area (Å²) in [4.78, 5) is 0. The molecule has 1 aromatic rings. The van der Waals surface area contributed by atoms with Crippen LogP contribution in [0.2, 0.25) is 0 Å². The molecule has 4 N–H and O–H groups in total. The molecule has 0 aliphatic rings. The minimum atomic E-state index is 0.805. The second-order valence-corrected chi connectivity index (χ2v) is 6.34. The lowest BCUT2D eigenvalue weighted by molar-refractivity contribution is 0.556. The van der Waals surface area contributed by atoms with Gasteiger partial charge in [-0.3, -0.25) is 0 Å². The Hall–Kier alpha value is -1.18. The summed E-state index contributed by atoms with van der Waals surface area (Å²) in [5.74, 6) is 0. The van der Waals surface area contributed by atoms with Crippen LogP contribution in [-0.4, -0.2) is 0 Å². The van der Waals surface area contributed by atoms with E-state index >= 15 is 0 Å². The van der Waals surface area contributed by atoms with Crippen LogP contribution in [-0.2, 0) is 6.42 Å². The molecule has 0 saturated carbocycles. The van der Waals surface area contributed by atoms with Crippen molar-refractivity contribution in [3.63, 3.8) is 0 Å². The second-order valence-electron chi connectivity index (χ2n) is 6.34. The van der Waals surface area contributed by atoms with E-state index in [9.17, 15) is 0 Å². The van der Waals surface area contributed by atoms with Crippen LogP contribution in [0.5, 0.6) is 0 Å². The van der Waals surface area contributed by atoms with Crippen molar-refractivity contribution in [2.45, 2.75) is 84.5 Å². The van der Waals surface area contributed by atoms with E-state index in [0.717, 1.165) is 23.4 Å². The molecule has 120 valence electrons. The van der Waals surface area contributed by atoms with Crippen molar-refractivity contribution in [1.82, 2.24) is 0 Å². The number of anilines is 2. The number of hydrogen-bond acceptors (Lipinski definition) is 2. The first-order valence-corrected chi connectivity index (χ1v) is 8.79. The summed E-state index contributed by atoms with van der Waals surface area (Å²) < 4.78 is 0. The highest BCUT2D eigenvalue weighted by atomic mass is 14.6. The average Bonchev–Trinajstić information content (AvgIpc) is 2.46. The second kappa shape index (κ2) is 10.5. The topological polar surface area (TPSA) is 52.0 Å². The fraction of sp³-hybridized carbons (Fsp3) is 0.684. The molecule has 0 aliphatic carbocycles. The summed E-state index contributed by atoms with van der Waals surface area (Å²) >= 11 is 0. The lowest BCUT2D eigenvalue weighted by Gasteiger charge is -2.09. The lowest BCUT2D eigenvalue weighted by atomic mass is 10.0. The van der Waals surface area contributed by atoms with Crippen molar-refractivity contribution >= 4 is 11.4 Å². The van der Waals surface area contributed by atoms with Gasteiger partial charge in [0.1, 0.15) is 0 Å². The van der Waals surface area contributed by atoms with Crippen molar-refractivity contribution < 1.29 is 0 Å². The zero-order valence-electron chi connectivity index (χ0n) is 14.1. The molecule has 0 fully saturated rings. The molecule has 0 bridgehead atoms. The van der Waals surface area contributed by atoms with Gasteiger partial charge in [0.2, 0.25) is 0 Å². The van der Waals surface area contributed by atoms with Crippen LogP contribution in [0.25, 0.3) is 0 Å². The molecule has 1 rings (SSSR count). The monoisotopic (exact) mass is 290 g/mol. The number of benzene rings is 1. The molecule has 1 aromatic carbocycles. The van der Waals surface area contributed by atoms with Gasteiger partial charge in [-0.2, -0.15) is 0 Å². The first-order valence-electron chi connectivity index (χ1n) is 8.79. The van der Waals surface area contributed by atoms with E-state index in [-0.39, 0.29) is 0 Å². The molecule has 2 nitrogen and oxygen atoms in total. The van der Waals surface area contributed by atoms with E-state index in [1.54, 1.807) is 0 Å². The number of hydrogen-bond donors (Lipinski definition) is 2. The van der Waals surface area contributed by atoms with Crippen LogP contribution in [0.4, 0.5) is 11.4 Å². The summed E-state index contributed by atoms with van der Waals surface area (Å²) in [7, 11) is 0. The van der Waals surface area contributed by atoms with Gasteiger partial charge in [-0.15, -0.1) is 0 Å². The maximum Gasteiger partial charge on any atom is 0.0367 e. The van der Waals surface area contributed by atoms with Crippen LogP contribution < -0.4 is 11.5 Å². The minimum Gasteiger partial charge on any atom is -0.398 e. The van der Waals surface area contributed by atoms with Gasteiger partial charge in [0, 0.05) is 11.4 Å². The third kappa shape index (κ3) is 7.40. The first kappa shape index (κ1) is 17.9. The molecule has 0 heterocycles. The predicted octanol–water partition coefficient (Wildman–Crippen LogP) is 5.62. The first-order chi connectivity index (χ1) is 10.1. The number of unbranched alkanes of at least 4 members (excludes halogenated alkanes) is 9. The van der Waals surface area contributed by atoms with E-state index in [1.807, 2.05) is 6.07 Å². The maximum atomic E-state index is 6.03. The highest BCUT2D eigenvalue weighted by Gasteiger charge is 2.03. The minimum absolute atomic E-state index is 0.805. The largest absolute Gasteiger partial charge is 0.398 e. The van der Waals surface area contributed by atoms with Crippen molar-refractivity contribution in [3.8, 4) is 0 Å². The fourth-order valence-corrected chi connectivity index (χ4v) is 2.82. The standard InChI is InChI=1S/C19H34N2/c1-3-4-5-6-7-8-9-10-11-12-13-17-14-16(2)18(20)15-19(17)21/h14-15H,3-13,20-21H2,1-2H3. The smallest absolute Gasteiger partial charge is 0.0367 e. The van der Waals surface area contributed by atoms with Crippen molar-refractivity contribution in [2.75, 3.05) is 11.5 Å². The summed E-state index contributed by atoms with van der Waals surface area (Å²) in [5.41, 5.74) is 16.0. The average molecular weight is 290 g/mol. The Kier molecular flexibility index (Phi) is 8.96. The van der Waals surface area contributed by atoms with E-state index in [1.165, 1.54) is 69.8 Å². The van der Waals surface area contributed by atoms with Crippen LogP contribution in [0.15, 0.2) is 12.1 Å². The van der Waals surface area contributed by atoms with Crippen molar-refractivity contribution in [2.24, 2.45) is 0 Å². The summed E-state index contributed by atoms with van der Waals surface area (Å²) in [6, 6.07) is 4.05. The highest BCUT2D eigenvalue weighted by molar-refractivity contribution is 5.60. The van der Waals surface area contributed by atoms with Gasteiger partial charge in [0.15, 0.2) is 0 Å². The number of nitrogens with two attached hydrogens (primary N) is 2. The molecule has 21 heavy (non-hydrogen) atoms. The SMILES string of the molecule is CCCCCCCCCCCCc1cc(C)c(N)cc1N. The molecular weight excluding hydrogens is 256 g/mol. The summed E-state index contributed by atoms with van der Waals surface area (Å²) in [5, 5.41) is 0.